The zero-order valence-electron chi connectivity index (χ0n) is 26.4. The predicted molar refractivity (Wildman–Crippen MR) is 188 cm³/mol. The molecule has 0 aliphatic carbocycles. The summed E-state index contributed by atoms with van der Waals surface area (Å²) in [4.78, 5) is 29.4. The second kappa shape index (κ2) is 17.2. The third-order valence-corrected chi connectivity index (χ3v) is 9.37. The van der Waals surface area contributed by atoms with E-state index in [4.69, 9.17) is 27.9 Å². The molecule has 4 aromatic rings. The molecular weight excluding hydrogens is 657 g/mol. The number of halogens is 2. The summed E-state index contributed by atoms with van der Waals surface area (Å²) in [5, 5.41) is 3.62. The number of unbranched alkanes of at least 4 members (excludes halogenated alkanes) is 1. The lowest BCUT2D eigenvalue weighted by Gasteiger charge is -2.33. The zero-order valence-corrected chi connectivity index (χ0v) is 28.8. The summed E-state index contributed by atoms with van der Waals surface area (Å²) in [6.07, 6.45) is 2.92. The van der Waals surface area contributed by atoms with Crippen LogP contribution in [0.3, 0.4) is 0 Å². The van der Waals surface area contributed by atoms with Crippen LogP contribution in [0.5, 0.6) is 5.75 Å². The van der Waals surface area contributed by atoms with Crippen molar-refractivity contribution in [1.82, 2.24) is 10.2 Å². The molecule has 4 aromatic carbocycles. The number of carbonyl (C=O) groups excluding carboxylic acids is 2. The van der Waals surface area contributed by atoms with Crippen molar-refractivity contribution >= 4 is 50.7 Å². The molecule has 4 rings (SSSR count). The number of rotatable bonds is 16. The summed E-state index contributed by atoms with van der Waals surface area (Å²) in [7, 11) is -3.92. The first kappa shape index (κ1) is 35.8. The van der Waals surface area contributed by atoms with Crippen LogP contribution >= 0.6 is 23.2 Å². The highest BCUT2D eigenvalue weighted by molar-refractivity contribution is 7.92. The minimum Gasteiger partial charge on any atom is -0.489 e. The first-order chi connectivity index (χ1) is 22.5. The van der Waals surface area contributed by atoms with E-state index in [0.717, 1.165) is 34.5 Å². The van der Waals surface area contributed by atoms with E-state index in [1.165, 1.54) is 4.90 Å². The highest BCUT2D eigenvalue weighted by atomic mass is 35.5. The second-order valence-electron chi connectivity index (χ2n) is 11.2. The number of amides is 2. The fourth-order valence-corrected chi connectivity index (χ4v) is 6.13. The van der Waals surface area contributed by atoms with Crippen molar-refractivity contribution in [3.63, 3.8) is 0 Å². The van der Waals surface area contributed by atoms with E-state index < -0.39 is 28.5 Å². The Hall–Kier alpha value is -4.05. The van der Waals surface area contributed by atoms with Crippen LogP contribution in [0.4, 0.5) is 5.69 Å². The van der Waals surface area contributed by atoms with E-state index in [2.05, 4.69) is 5.32 Å². The van der Waals surface area contributed by atoms with Crippen molar-refractivity contribution in [2.24, 2.45) is 0 Å². The van der Waals surface area contributed by atoms with E-state index >= 15 is 0 Å². The Morgan fingerprint density at radius 1 is 0.830 bits per heavy atom. The molecule has 8 nitrogen and oxygen atoms in total. The van der Waals surface area contributed by atoms with Crippen LogP contribution < -0.4 is 14.4 Å². The topological polar surface area (TPSA) is 96.0 Å². The number of hydrogen-bond donors (Lipinski definition) is 1. The Bertz CT molecular complexity index is 1720. The predicted octanol–water partition coefficient (Wildman–Crippen LogP) is 6.89. The SMILES string of the molecule is CCCCNC(=O)[C@H](Cc1ccccc1)N(Cc1ccc(Cl)c(Cl)c1)C(=O)CN(c1ccc(OCc2ccccc2)cc1)S(C)(=O)=O. The number of nitrogens with one attached hydrogen (secondary N) is 1. The summed E-state index contributed by atoms with van der Waals surface area (Å²) >= 11 is 12.5. The Labute approximate surface area is 287 Å². The quantitative estimate of drug-likeness (QED) is 0.129. The molecule has 1 atom stereocenters. The Morgan fingerprint density at radius 3 is 2.06 bits per heavy atom. The van der Waals surface area contributed by atoms with Crippen LogP contribution in [0.15, 0.2) is 103 Å². The average Bonchev–Trinajstić information content (AvgIpc) is 3.06. The molecule has 0 aromatic heterocycles. The summed E-state index contributed by atoms with van der Waals surface area (Å²) < 4.78 is 33.1. The number of anilines is 1. The van der Waals surface area contributed by atoms with Gasteiger partial charge in [-0.15, -0.1) is 0 Å². The van der Waals surface area contributed by atoms with Crippen LogP contribution in [-0.2, 0) is 39.2 Å². The van der Waals surface area contributed by atoms with Gasteiger partial charge in [-0.3, -0.25) is 13.9 Å². The maximum atomic E-state index is 14.3. The van der Waals surface area contributed by atoms with Crippen molar-refractivity contribution < 1.29 is 22.7 Å². The third-order valence-electron chi connectivity index (χ3n) is 7.49. The maximum Gasteiger partial charge on any atom is 0.244 e. The van der Waals surface area contributed by atoms with E-state index in [-0.39, 0.29) is 24.6 Å². The minimum atomic E-state index is -3.92. The first-order valence-corrected chi connectivity index (χ1v) is 17.9. The van der Waals surface area contributed by atoms with Gasteiger partial charge in [0, 0.05) is 19.5 Å². The van der Waals surface area contributed by atoms with Gasteiger partial charge in [-0.2, -0.15) is 0 Å². The molecule has 0 aliphatic rings. The Kier molecular flexibility index (Phi) is 13.1. The van der Waals surface area contributed by atoms with E-state index in [9.17, 15) is 18.0 Å². The van der Waals surface area contributed by atoms with E-state index in [1.807, 2.05) is 67.6 Å². The van der Waals surface area contributed by atoms with Gasteiger partial charge in [-0.05, 0) is 59.5 Å². The number of ether oxygens (including phenoxy) is 1. The van der Waals surface area contributed by atoms with Crippen LogP contribution in [-0.4, -0.2) is 50.5 Å². The number of benzene rings is 4. The summed E-state index contributed by atoms with van der Waals surface area (Å²) in [5.41, 5.74) is 2.76. The molecule has 0 heterocycles. The highest BCUT2D eigenvalue weighted by Gasteiger charge is 2.33. The number of nitrogens with zero attached hydrogens (tertiary/aromatic N) is 2. The fourth-order valence-electron chi connectivity index (χ4n) is 4.96. The molecule has 1 N–H and O–H groups in total. The van der Waals surface area contributed by atoms with Gasteiger partial charge < -0.3 is 15.0 Å². The van der Waals surface area contributed by atoms with Gasteiger partial charge in [0.2, 0.25) is 21.8 Å². The number of hydrogen-bond acceptors (Lipinski definition) is 5. The molecule has 0 aliphatic heterocycles. The van der Waals surface area contributed by atoms with Crippen LogP contribution in [0.25, 0.3) is 0 Å². The number of carbonyl (C=O) groups is 2. The van der Waals surface area contributed by atoms with Gasteiger partial charge in [0.15, 0.2) is 0 Å². The molecule has 0 spiro atoms. The Morgan fingerprint density at radius 2 is 1.47 bits per heavy atom. The molecule has 0 saturated heterocycles. The van der Waals surface area contributed by atoms with E-state index in [0.29, 0.717) is 34.5 Å². The van der Waals surface area contributed by atoms with Gasteiger partial charge >= 0.3 is 0 Å². The second-order valence-corrected chi connectivity index (χ2v) is 13.9. The third kappa shape index (κ3) is 10.7. The molecule has 2 amide bonds. The average molecular weight is 697 g/mol. The molecule has 0 fully saturated rings. The van der Waals surface area contributed by atoms with Crippen molar-refractivity contribution in [3.8, 4) is 5.75 Å². The zero-order chi connectivity index (χ0) is 33.8. The highest BCUT2D eigenvalue weighted by Crippen LogP contribution is 2.26. The molecule has 0 saturated carbocycles. The van der Waals surface area contributed by atoms with Crippen LogP contribution in [0, 0.1) is 0 Å². The van der Waals surface area contributed by atoms with Gasteiger partial charge in [0.05, 0.1) is 22.0 Å². The van der Waals surface area contributed by atoms with Crippen molar-refractivity contribution in [1.29, 1.82) is 0 Å². The summed E-state index contributed by atoms with van der Waals surface area (Å²) in [6, 6.07) is 29.6. The van der Waals surface area contributed by atoms with Gasteiger partial charge in [-0.25, -0.2) is 8.42 Å². The van der Waals surface area contributed by atoms with Gasteiger partial charge in [0.1, 0.15) is 24.9 Å². The normalized spacial score (nSPS) is 11.8. The minimum absolute atomic E-state index is 0.00170. The van der Waals surface area contributed by atoms with Crippen molar-refractivity contribution in [3.05, 3.63) is 130 Å². The molecule has 0 radical (unpaired) electrons. The molecule has 47 heavy (non-hydrogen) atoms. The standard InChI is InChI=1S/C36H39Cl2N3O5S/c1-3-4-21-39-36(43)34(23-27-11-7-5-8-12-27)40(24-29-15-20-32(37)33(38)22-29)35(42)25-41(47(2,44)45)30-16-18-31(19-17-30)46-26-28-13-9-6-10-14-28/h5-20,22,34H,3-4,21,23-26H2,1-2H3,(H,39,43)/t34-/m0/s1. The Balaban J connectivity index is 1.65. The van der Waals surface area contributed by atoms with Crippen LogP contribution in [0.1, 0.15) is 36.5 Å². The molecule has 248 valence electrons. The van der Waals surface area contributed by atoms with Crippen molar-refractivity contribution in [2.45, 2.75) is 45.4 Å². The van der Waals surface area contributed by atoms with Crippen molar-refractivity contribution in [2.75, 3.05) is 23.7 Å². The monoisotopic (exact) mass is 695 g/mol. The lowest BCUT2D eigenvalue weighted by atomic mass is 10.0. The van der Waals surface area contributed by atoms with Gasteiger partial charge in [0.25, 0.3) is 0 Å². The lowest BCUT2D eigenvalue weighted by molar-refractivity contribution is -0.140. The largest absolute Gasteiger partial charge is 0.489 e. The maximum absolute atomic E-state index is 14.3. The first-order valence-electron chi connectivity index (χ1n) is 15.3. The number of sulfonamides is 1. The molecule has 0 bridgehead atoms. The smallest absolute Gasteiger partial charge is 0.244 e. The summed E-state index contributed by atoms with van der Waals surface area (Å²) in [5.74, 6) is -0.343. The molecular formula is C36H39Cl2N3O5S. The van der Waals surface area contributed by atoms with Gasteiger partial charge in [-0.1, -0.05) is 103 Å². The molecule has 0 unspecified atom stereocenters. The van der Waals surface area contributed by atoms with Crippen LogP contribution in [0.2, 0.25) is 10.0 Å². The fraction of sp³-hybridized carbons (Fsp3) is 0.278. The summed E-state index contributed by atoms with van der Waals surface area (Å²) in [6.45, 7) is 2.29. The molecule has 11 heteroatoms. The van der Waals surface area contributed by atoms with E-state index in [1.54, 1.807) is 42.5 Å². The lowest BCUT2D eigenvalue weighted by Crippen LogP contribution is -2.53.